The Kier molecular flexibility index (Phi) is 9.77. The Labute approximate surface area is 217 Å². The lowest BCUT2D eigenvalue weighted by atomic mass is 9.70. The number of rotatable bonds is 8. The van der Waals surface area contributed by atoms with Gasteiger partial charge in [0.05, 0.1) is 0 Å². The highest BCUT2D eigenvalue weighted by Crippen LogP contribution is 2.42. The molecule has 3 fully saturated rings. The zero-order valence-electron chi connectivity index (χ0n) is 21.3. The number of benzene rings is 1. The second kappa shape index (κ2) is 12.5. The van der Waals surface area contributed by atoms with Crippen LogP contribution in [0.25, 0.3) is 0 Å². The van der Waals surface area contributed by atoms with Crippen LogP contribution < -0.4 is 0 Å². The molecule has 0 N–H and O–H groups in total. The topological polar surface area (TPSA) is 17.1 Å². The summed E-state index contributed by atoms with van der Waals surface area (Å²) in [6.45, 7) is 4.54. The molecular weight excluding hydrogens is 515 g/mol. The van der Waals surface area contributed by atoms with Gasteiger partial charge in [-0.15, -0.1) is 0 Å². The molecule has 0 aromatic heterocycles. The Balaban J connectivity index is 1.12. The Bertz CT molecular complexity index is 723. The molecule has 3 saturated carbocycles. The van der Waals surface area contributed by atoms with E-state index in [9.17, 15) is 4.79 Å². The lowest BCUT2D eigenvalue weighted by Gasteiger charge is -2.36. The van der Waals surface area contributed by atoms with Crippen LogP contribution in [0.1, 0.15) is 113 Å². The lowest BCUT2D eigenvalue weighted by Crippen LogP contribution is -2.23. The van der Waals surface area contributed by atoms with E-state index in [0.717, 1.165) is 42.3 Å². The summed E-state index contributed by atoms with van der Waals surface area (Å²) in [6, 6.07) is 4.88. The van der Waals surface area contributed by atoms with Crippen molar-refractivity contribution in [3.8, 4) is 0 Å². The molecule has 3 aliphatic rings. The molecule has 1 nitrogen and oxygen atoms in total. The molecule has 1 aromatic rings. The van der Waals surface area contributed by atoms with E-state index in [-0.39, 0.29) is 0 Å². The maximum Gasteiger partial charge on any atom is 0.120 e. The highest BCUT2D eigenvalue weighted by molar-refractivity contribution is 14.1. The van der Waals surface area contributed by atoms with Crippen molar-refractivity contribution in [1.82, 2.24) is 0 Å². The van der Waals surface area contributed by atoms with Crippen LogP contribution in [0.3, 0.4) is 0 Å². The third kappa shape index (κ3) is 7.55. The van der Waals surface area contributed by atoms with Crippen molar-refractivity contribution in [3.05, 3.63) is 32.4 Å². The first-order valence-electron chi connectivity index (χ1n) is 14.2. The van der Waals surface area contributed by atoms with Crippen LogP contribution in [0, 0.1) is 52.9 Å². The number of hydrogen-bond acceptors (Lipinski definition) is 1. The fraction of sp³-hybridized carbons (Fsp3) is 0.774. The van der Waals surface area contributed by atoms with Crippen LogP contribution in [0.4, 0.5) is 0 Å². The van der Waals surface area contributed by atoms with Gasteiger partial charge in [-0.1, -0.05) is 63.5 Å². The molecule has 0 bridgehead atoms. The second-order valence-electron chi connectivity index (χ2n) is 12.3. The summed E-state index contributed by atoms with van der Waals surface area (Å²) in [4.78, 5) is 10.8. The molecule has 3 aliphatic carbocycles. The van der Waals surface area contributed by atoms with Crippen molar-refractivity contribution in [2.75, 3.05) is 0 Å². The van der Waals surface area contributed by atoms with Gasteiger partial charge in [0.2, 0.25) is 0 Å². The van der Waals surface area contributed by atoms with Crippen LogP contribution >= 0.6 is 22.6 Å². The van der Waals surface area contributed by atoms with E-state index in [1.807, 2.05) is 0 Å². The third-order valence-corrected chi connectivity index (χ3v) is 11.4. The van der Waals surface area contributed by atoms with Gasteiger partial charge in [-0.2, -0.15) is 0 Å². The standard InChI is InChI=1S/C31H47IO/c1-22-17-30(18-23(2)31(22)32)21-29-13-11-28(12-14-29)20-27-9-7-26(8-10-27)19-25-5-3-24(4-6-25)15-16-33/h16-18,24-29H,3-15,19-21H2,1-2H3. The maximum atomic E-state index is 10.8. The maximum absolute atomic E-state index is 10.8. The molecule has 0 radical (unpaired) electrons. The summed E-state index contributed by atoms with van der Waals surface area (Å²) < 4.78 is 1.44. The molecular formula is C31H47IO. The van der Waals surface area contributed by atoms with Crippen LogP contribution in [0.2, 0.25) is 0 Å². The molecule has 0 spiro atoms. The van der Waals surface area contributed by atoms with Gasteiger partial charge in [-0.3, -0.25) is 0 Å². The van der Waals surface area contributed by atoms with Gasteiger partial charge in [0.15, 0.2) is 0 Å². The summed E-state index contributed by atoms with van der Waals surface area (Å²) in [5.74, 6) is 5.62. The molecule has 4 rings (SSSR count). The van der Waals surface area contributed by atoms with Gasteiger partial charge in [0.1, 0.15) is 6.29 Å². The van der Waals surface area contributed by atoms with E-state index >= 15 is 0 Å². The summed E-state index contributed by atoms with van der Waals surface area (Å²) in [7, 11) is 0. The Morgan fingerprint density at radius 1 is 0.667 bits per heavy atom. The SMILES string of the molecule is Cc1cc(CC2CCC(CC3CCC(CC4CCC(CC=O)CC4)CC3)CC2)cc(C)c1I. The fourth-order valence-electron chi connectivity index (χ4n) is 7.64. The third-order valence-electron chi connectivity index (χ3n) is 9.68. The van der Waals surface area contributed by atoms with Gasteiger partial charge in [-0.25, -0.2) is 0 Å². The van der Waals surface area contributed by atoms with E-state index in [1.54, 1.807) is 5.56 Å². The van der Waals surface area contributed by atoms with Gasteiger partial charge < -0.3 is 4.79 Å². The highest BCUT2D eigenvalue weighted by Gasteiger charge is 2.29. The van der Waals surface area contributed by atoms with Crippen molar-refractivity contribution in [3.63, 3.8) is 0 Å². The summed E-state index contributed by atoms with van der Waals surface area (Å²) in [5.41, 5.74) is 4.49. The quantitative estimate of drug-likeness (QED) is 0.228. The van der Waals surface area contributed by atoms with Crippen molar-refractivity contribution < 1.29 is 4.79 Å². The Hall–Kier alpha value is -0.380. The van der Waals surface area contributed by atoms with Gasteiger partial charge in [0, 0.05) is 9.99 Å². The molecule has 0 saturated heterocycles. The average Bonchev–Trinajstić information content (AvgIpc) is 2.81. The molecule has 33 heavy (non-hydrogen) atoms. The summed E-state index contributed by atoms with van der Waals surface area (Å²) >= 11 is 2.49. The van der Waals surface area contributed by atoms with Crippen molar-refractivity contribution in [1.29, 1.82) is 0 Å². The first kappa shape index (κ1) is 25.7. The van der Waals surface area contributed by atoms with Gasteiger partial charge in [0.25, 0.3) is 0 Å². The van der Waals surface area contributed by atoms with Crippen LogP contribution in [-0.2, 0) is 11.2 Å². The van der Waals surface area contributed by atoms with Crippen LogP contribution in [-0.4, -0.2) is 6.29 Å². The van der Waals surface area contributed by atoms with Gasteiger partial charge in [-0.05, 0) is 134 Å². The van der Waals surface area contributed by atoms with E-state index in [2.05, 4.69) is 48.6 Å². The Morgan fingerprint density at radius 2 is 1.03 bits per heavy atom. The highest BCUT2D eigenvalue weighted by atomic mass is 127. The number of carbonyl (C=O) groups is 1. The predicted molar refractivity (Wildman–Crippen MR) is 149 cm³/mol. The second-order valence-corrected chi connectivity index (χ2v) is 13.4. The van der Waals surface area contributed by atoms with E-state index in [0.29, 0.717) is 5.92 Å². The van der Waals surface area contributed by atoms with Crippen molar-refractivity contribution >= 4 is 28.9 Å². The number of aryl methyl sites for hydroxylation is 2. The smallest absolute Gasteiger partial charge is 0.120 e. The fourth-order valence-corrected chi connectivity index (χ4v) is 7.95. The predicted octanol–water partition coefficient (Wildman–Crippen LogP) is 9.24. The average molecular weight is 563 g/mol. The van der Waals surface area contributed by atoms with Crippen molar-refractivity contribution in [2.45, 2.75) is 117 Å². The van der Waals surface area contributed by atoms with Gasteiger partial charge >= 0.3 is 0 Å². The van der Waals surface area contributed by atoms with Crippen molar-refractivity contribution in [2.24, 2.45) is 35.5 Å². The number of halogens is 1. The number of hydrogen-bond donors (Lipinski definition) is 0. The summed E-state index contributed by atoms with van der Waals surface area (Å²) in [6.07, 6.45) is 23.6. The molecule has 1 aromatic carbocycles. The molecule has 0 amide bonds. The monoisotopic (exact) mass is 562 g/mol. The molecule has 2 heteroatoms. The minimum atomic E-state index is 0.703. The zero-order valence-corrected chi connectivity index (χ0v) is 23.5. The largest absolute Gasteiger partial charge is 0.303 e. The minimum absolute atomic E-state index is 0.703. The first-order valence-corrected chi connectivity index (χ1v) is 15.3. The Morgan fingerprint density at radius 3 is 1.42 bits per heavy atom. The zero-order chi connectivity index (χ0) is 23.2. The molecule has 0 heterocycles. The van der Waals surface area contributed by atoms with E-state index in [1.165, 1.54) is 111 Å². The van der Waals surface area contributed by atoms with Crippen LogP contribution in [0.15, 0.2) is 12.1 Å². The van der Waals surface area contributed by atoms with E-state index in [4.69, 9.17) is 0 Å². The van der Waals surface area contributed by atoms with Crippen LogP contribution in [0.5, 0.6) is 0 Å². The molecule has 0 atom stereocenters. The first-order chi connectivity index (χ1) is 16.0. The molecule has 184 valence electrons. The minimum Gasteiger partial charge on any atom is -0.303 e. The summed E-state index contributed by atoms with van der Waals surface area (Å²) in [5, 5.41) is 0. The molecule has 0 aliphatic heterocycles. The lowest BCUT2D eigenvalue weighted by molar-refractivity contribution is -0.108. The molecule has 0 unspecified atom stereocenters. The van der Waals surface area contributed by atoms with E-state index < -0.39 is 0 Å². The normalized spacial score (nSPS) is 33.1. The number of aldehydes is 1. The number of carbonyl (C=O) groups excluding carboxylic acids is 1.